The molecule has 17 heavy (non-hydrogen) atoms. The van der Waals surface area contributed by atoms with Gasteiger partial charge in [-0.15, -0.1) is 0 Å². The van der Waals surface area contributed by atoms with Crippen LogP contribution in [0.4, 0.5) is 0 Å². The first-order valence-corrected chi connectivity index (χ1v) is 6.73. The Morgan fingerprint density at radius 3 is 2.53 bits per heavy atom. The lowest BCUT2D eigenvalue weighted by atomic mass is 9.99. The zero-order valence-electron chi connectivity index (χ0n) is 11.2. The highest BCUT2D eigenvalue weighted by Crippen LogP contribution is 2.48. The van der Waals surface area contributed by atoms with E-state index < -0.39 is 0 Å². The van der Waals surface area contributed by atoms with Gasteiger partial charge in [0.15, 0.2) is 0 Å². The molecule has 0 bridgehead atoms. The summed E-state index contributed by atoms with van der Waals surface area (Å²) >= 11 is 6.31. The average Bonchev–Trinajstić information content (AvgIpc) is 2.98. The Bertz CT molecular complexity index is 405. The van der Waals surface area contributed by atoms with Crippen molar-refractivity contribution in [3.8, 4) is 0 Å². The van der Waals surface area contributed by atoms with Gasteiger partial charge in [-0.3, -0.25) is 4.68 Å². The van der Waals surface area contributed by atoms with Crippen LogP contribution in [0.25, 0.3) is 0 Å². The normalized spacial score (nSPS) is 17.8. The summed E-state index contributed by atoms with van der Waals surface area (Å²) in [6, 6.07) is 0.552. The molecule has 1 aliphatic carbocycles. The molecule has 0 radical (unpaired) electrons. The van der Waals surface area contributed by atoms with Gasteiger partial charge in [-0.05, 0) is 31.6 Å². The number of rotatable bonds is 5. The molecule has 1 saturated carbocycles. The van der Waals surface area contributed by atoms with Crippen LogP contribution in [0.1, 0.15) is 38.1 Å². The summed E-state index contributed by atoms with van der Waals surface area (Å²) in [5.74, 6) is 0. The van der Waals surface area contributed by atoms with Gasteiger partial charge in [0.1, 0.15) is 0 Å². The molecular weight excluding hydrogens is 234 g/mol. The number of hydrogen-bond donors (Lipinski definition) is 1. The summed E-state index contributed by atoms with van der Waals surface area (Å²) in [6.07, 6.45) is 3.64. The molecule has 1 N–H and O–H groups in total. The highest BCUT2D eigenvalue weighted by molar-refractivity contribution is 6.31. The lowest BCUT2D eigenvalue weighted by Crippen LogP contribution is -2.31. The summed E-state index contributed by atoms with van der Waals surface area (Å²) in [7, 11) is 1.99. The van der Waals surface area contributed by atoms with Gasteiger partial charge < -0.3 is 5.32 Å². The zero-order chi connectivity index (χ0) is 12.6. The SMILES string of the molecule is Cc1nn(C)c(CC2(CNC(C)C)CC2)c1Cl. The number of hydrogen-bond acceptors (Lipinski definition) is 2. The van der Waals surface area contributed by atoms with Crippen molar-refractivity contribution in [3.05, 3.63) is 16.4 Å². The van der Waals surface area contributed by atoms with E-state index in [0.29, 0.717) is 11.5 Å². The molecule has 1 aromatic heterocycles. The minimum atomic E-state index is 0.425. The fourth-order valence-electron chi connectivity index (χ4n) is 2.24. The maximum atomic E-state index is 6.31. The van der Waals surface area contributed by atoms with Crippen molar-refractivity contribution in [3.63, 3.8) is 0 Å². The third-order valence-electron chi connectivity index (χ3n) is 3.65. The van der Waals surface area contributed by atoms with E-state index in [4.69, 9.17) is 11.6 Å². The largest absolute Gasteiger partial charge is 0.314 e. The van der Waals surface area contributed by atoms with Crippen LogP contribution >= 0.6 is 11.6 Å². The minimum absolute atomic E-state index is 0.425. The predicted octanol–water partition coefficient (Wildman–Crippen LogP) is 2.70. The predicted molar refractivity (Wildman–Crippen MR) is 71.5 cm³/mol. The fraction of sp³-hybridized carbons (Fsp3) is 0.769. The van der Waals surface area contributed by atoms with Gasteiger partial charge in [-0.25, -0.2) is 0 Å². The van der Waals surface area contributed by atoms with Crippen molar-refractivity contribution in [2.24, 2.45) is 12.5 Å². The van der Waals surface area contributed by atoms with Crippen molar-refractivity contribution >= 4 is 11.6 Å². The first-order valence-electron chi connectivity index (χ1n) is 6.35. The average molecular weight is 256 g/mol. The van der Waals surface area contributed by atoms with E-state index in [-0.39, 0.29) is 0 Å². The first-order chi connectivity index (χ1) is 7.93. The van der Waals surface area contributed by atoms with Gasteiger partial charge in [0.25, 0.3) is 0 Å². The Kier molecular flexibility index (Phi) is 3.50. The summed E-state index contributed by atoms with van der Waals surface area (Å²) in [5.41, 5.74) is 2.55. The molecule has 0 atom stereocenters. The highest BCUT2D eigenvalue weighted by atomic mass is 35.5. The third-order valence-corrected chi connectivity index (χ3v) is 4.14. The van der Waals surface area contributed by atoms with Gasteiger partial charge >= 0.3 is 0 Å². The van der Waals surface area contributed by atoms with Crippen LogP contribution in [0.5, 0.6) is 0 Å². The van der Waals surface area contributed by atoms with Crippen LogP contribution in [0.15, 0.2) is 0 Å². The Labute approximate surface area is 109 Å². The molecule has 3 nitrogen and oxygen atoms in total. The lowest BCUT2D eigenvalue weighted by Gasteiger charge is -2.18. The molecule has 0 saturated heterocycles. The van der Waals surface area contributed by atoms with Crippen LogP contribution in [-0.4, -0.2) is 22.4 Å². The molecular formula is C13H22ClN3. The van der Waals surface area contributed by atoms with Crippen LogP contribution < -0.4 is 5.32 Å². The van der Waals surface area contributed by atoms with Crippen LogP contribution in [0.2, 0.25) is 5.02 Å². The third kappa shape index (κ3) is 2.83. The standard InChI is InChI=1S/C13H22ClN3/c1-9(2)15-8-13(5-6-13)7-11-12(14)10(3)16-17(11)4/h9,15H,5-8H2,1-4H3. The van der Waals surface area contributed by atoms with Crippen LogP contribution in [0.3, 0.4) is 0 Å². The van der Waals surface area contributed by atoms with Gasteiger partial charge in [0.05, 0.1) is 16.4 Å². The molecule has 1 aliphatic rings. The number of aryl methyl sites for hydroxylation is 2. The Morgan fingerprint density at radius 2 is 2.12 bits per heavy atom. The maximum Gasteiger partial charge on any atom is 0.0847 e. The van der Waals surface area contributed by atoms with E-state index in [2.05, 4.69) is 24.3 Å². The number of nitrogens with one attached hydrogen (secondary N) is 1. The van der Waals surface area contributed by atoms with E-state index in [1.807, 2.05) is 18.7 Å². The van der Waals surface area contributed by atoms with Crippen molar-refractivity contribution in [2.45, 2.75) is 46.1 Å². The topological polar surface area (TPSA) is 29.9 Å². The molecule has 0 aromatic carbocycles. The smallest absolute Gasteiger partial charge is 0.0847 e. The minimum Gasteiger partial charge on any atom is -0.314 e. The monoisotopic (exact) mass is 255 g/mol. The second-order valence-electron chi connectivity index (χ2n) is 5.68. The summed E-state index contributed by atoms with van der Waals surface area (Å²) in [4.78, 5) is 0. The molecule has 4 heteroatoms. The van der Waals surface area contributed by atoms with Crippen molar-refractivity contribution in [1.82, 2.24) is 15.1 Å². The Balaban J connectivity index is 2.05. The number of halogens is 1. The highest BCUT2D eigenvalue weighted by Gasteiger charge is 2.43. The molecule has 0 amide bonds. The van der Waals surface area contributed by atoms with Crippen molar-refractivity contribution < 1.29 is 0 Å². The molecule has 0 spiro atoms. The fourth-order valence-corrected chi connectivity index (χ4v) is 2.47. The summed E-state index contributed by atoms with van der Waals surface area (Å²) in [6.45, 7) is 7.44. The van der Waals surface area contributed by atoms with Crippen molar-refractivity contribution in [1.29, 1.82) is 0 Å². The molecule has 96 valence electrons. The molecule has 2 rings (SSSR count). The first kappa shape index (κ1) is 12.9. The number of aromatic nitrogens is 2. The molecule has 1 heterocycles. The van der Waals surface area contributed by atoms with E-state index in [9.17, 15) is 0 Å². The van der Waals surface area contributed by atoms with Gasteiger partial charge in [0, 0.05) is 19.6 Å². The maximum absolute atomic E-state index is 6.31. The molecule has 0 aliphatic heterocycles. The second kappa shape index (κ2) is 4.62. The van der Waals surface area contributed by atoms with Crippen LogP contribution in [0, 0.1) is 12.3 Å². The zero-order valence-corrected chi connectivity index (χ0v) is 11.9. The van der Waals surface area contributed by atoms with Gasteiger partial charge in [-0.1, -0.05) is 25.4 Å². The number of nitrogens with zero attached hydrogens (tertiary/aromatic N) is 2. The van der Waals surface area contributed by atoms with E-state index >= 15 is 0 Å². The van der Waals surface area contributed by atoms with Gasteiger partial charge in [-0.2, -0.15) is 5.10 Å². The van der Waals surface area contributed by atoms with E-state index in [0.717, 1.165) is 23.7 Å². The molecule has 1 fully saturated rings. The molecule has 1 aromatic rings. The lowest BCUT2D eigenvalue weighted by molar-refractivity contribution is 0.420. The summed E-state index contributed by atoms with van der Waals surface area (Å²) in [5, 5.41) is 8.77. The van der Waals surface area contributed by atoms with Gasteiger partial charge in [0.2, 0.25) is 0 Å². The van der Waals surface area contributed by atoms with Crippen LogP contribution in [-0.2, 0) is 13.5 Å². The Hall–Kier alpha value is -0.540. The van der Waals surface area contributed by atoms with E-state index in [1.54, 1.807) is 0 Å². The van der Waals surface area contributed by atoms with Crippen molar-refractivity contribution in [2.75, 3.05) is 6.54 Å². The Morgan fingerprint density at radius 1 is 1.47 bits per heavy atom. The van der Waals surface area contributed by atoms with E-state index in [1.165, 1.54) is 18.5 Å². The second-order valence-corrected chi connectivity index (χ2v) is 6.06. The molecule has 0 unspecified atom stereocenters. The quantitative estimate of drug-likeness (QED) is 0.877. The summed E-state index contributed by atoms with van der Waals surface area (Å²) < 4.78 is 1.94.